The molecular formula is C24H30N2O3S. The number of carbonyl (C=O) groups excluding carboxylic acids is 2. The van der Waals surface area contributed by atoms with Crippen LogP contribution in [0.1, 0.15) is 44.5 Å². The molecule has 0 spiro atoms. The Balaban J connectivity index is 1.93. The fourth-order valence-corrected chi connectivity index (χ4v) is 3.96. The Hall–Kier alpha value is -2.47. The molecule has 2 amide bonds. The van der Waals surface area contributed by atoms with Gasteiger partial charge in [0, 0.05) is 17.1 Å². The fraction of sp³-hybridized carbons (Fsp3) is 0.417. The maximum Gasteiger partial charge on any atom is 0.256 e. The molecule has 6 heteroatoms. The number of hydrogen-bond acceptors (Lipinski definition) is 4. The number of carbonyl (C=O) groups is 2. The molecule has 0 bridgehead atoms. The number of anilines is 2. The standard InChI is InChI=1S/C24H30N2O3S/c1-16(2)12-13-26-19-14-17(10-11-20(19)29-15-24(3,4)23(26)28)25-22(27)18-8-6-7-9-21(18)30-5/h6-11,14,16H,12-13,15H2,1-5H3,(H,25,27). The van der Waals surface area contributed by atoms with Gasteiger partial charge in [0.25, 0.3) is 5.91 Å². The fourth-order valence-electron chi connectivity index (χ4n) is 3.36. The summed E-state index contributed by atoms with van der Waals surface area (Å²) in [4.78, 5) is 28.8. The van der Waals surface area contributed by atoms with E-state index < -0.39 is 5.41 Å². The van der Waals surface area contributed by atoms with Gasteiger partial charge in [-0.3, -0.25) is 9.59 Å². The van der Waals surface area contributed by atoms with Gasteiger partial charge in [0.1, 0.15) is 12.4 Å². The van der Waals surface area contributed by atoms with Crippen LogP contribution in [0.4, 0.5) is 11.4 Å². The first-order valence-corrected chi connectivity index (χ1v) is 11.5. The second-order valence-electron chi connectivity index (χ2n) is 8.65. The first-order valence-electron chi connectivity index (χ1n) is 10.3. The van der Waals surface area contributed by atoms with Crippen LogP contribution in [0.25, 0.3) is 0 Å². The van der Waals surface area contributed by atoms with Gasteiger partial charge in [0.15, 0.2) is 0 Å². The van der Waals surface area contributed by atoms with Gasteiger partial charge in [-0.15, -0.1) is 11.8 Å². The summed E-state index contributed by atoms with van der Waals surface area (Å²) in [5, 5.41) is 2.98. The van der Waals surface area contributed by atoms with Crippen molar-refractivity contribution in [3.8, 4) is 5.75 Å². The highest BCUT2D eigenvalue weighted by molar-refractivity contribution is 7.98. The van der Waals surface area contributed by atoms with Crippen molar-refractivity contribution < 1.29 is 14.3 Å². The average Bonchev–Trinajstić information content (AvgIpc) is 2.81. The third kappa shape index (κ3) is 4.81. The van der Waals surface area contributed by atoms with E-state index in [1.54, 1.807) is 0 Å². The lowest BCUT2D eigenvalue weighted by molar-refractivity contribution is -0.127. The number of amides is 2. The number of nitrogens with zero attached hydrogens (tertiary/aromatic N) is 1. The molecule has 0 atom stereocenters. The summed E-state index contributed by atoms with van der Waals surface area (Å²) >= 11 is 1.54. The lowest BCUT2D eigenvalue weighted by atomic mass is 9.92. The minimum Gasteiger partial charge on any atom is -0.490 e. The van der Waals surface area contributed by atoms with Crippen molar-refractivity contribution in [2.45, 2.75) is 39.0 Å². The van der Waals surface area contributed by atoms with Crippen molar-refractivity contribution in [1.29, 1.82) is 0 Å². The van der Waals surface area contributed by atoms with E-state index in [9.17, 15) is 9.59 Å². The van der Waals surface area contributed by atoms with Crippen LogP contribution in [0.3, 0.4) is 0 Å². The molecule has 0 saturated heterocycles. The van der Waals surface area contributed by atoms with Crippen LogP contribution in [-0.4, -0.2) is 31.2 Å². The lowest BCUT2D eigenvalue weighted by Crippen LogP contribution is -2.42. The summed E-state index contributed by atoms with van der Waals surface area (Å²) < 4.78 is 5.97. The van der Waals surface area contributed by atoms with Gasteiger partial charge in [-0.25, -0.2) is 0 Å². The molecule has 1 aliphatic heterocycles. The van der Waals surface area contributed by atoms with Crippen LogP contribution in [-0.2, 0) is 4.79 Å². The molecule has 2 aromatic rings. The monoisotopic (exact) mass is 426 g/mol. The van der Waals surface area contributed by atoms with Gasteiger partial charge in [-0.1, -0.05) is 26.0 Å². The summed E-state index contributed by atoms with van der Waals surface area (Å²) in [7, 11) is 0. The van der Waals surface area contributed by atoms with E-state index in [4.69, 9.17) is 4.74 Å². The van der Waals surface area contributed by atoms with Gasteiger partial charge in [-0.2, -0.15) is 0 Å². The zero-order valence-corrected chi connectivity index (χ0v) is 19.1. The summed E-state index contributed by atoms with van der Waals surface area (Å²) in [6, 6.07) is 13.0. The Bertz CT molecular complexity index is 940. The number of thioether (sulfide) groups is 1. The van der Waals surface area contributed by atoms with E-state index in [1.165, 1.54) is 11.8 Å². The van der Waals surface area contributed by atoms with Crippen molar-refractivity contribution >= 4 is 35.0 Å². The van der Waals surface area contributed by atoms with Crippen molar-refractivity contribution in [1.82, 2.24) is 0 Å². The van der Waals surface area contributed by atoms with Gasteiger partial charge >= 0.3 is 0 Å². The van der Waals surface area contributed by atoms with E-state index in [0.29, 0.717) is 41.8 Å². The molecule has 0 radical (unpaired) electrons. The van der Waals surface area contributed by atoms with Gasteiger partial charge < -0.3 is 15.0 Å². The van der Waals surface area contributed by atoms with Crippen molar-refractivity contribution in [2.75, 3.05) is 29.6 Å². The number of benzene rings is 2. The van der Waals surface area contributed by atoms with Gasteiger partial charge in [-0.05, 0) is 62.8 Å². The molecule has 2 aromatic carbocycles. The highest BCUT2D eigenvalue weighted by atomic mass is 32.2. The quantitative estimate of drug-likeness (QED) is 0.623. The van der Waals surface area contributed by atoms with Gasteiger partial charge in [0.2, 0.25) is 5.91 Å². The molecule has 0 aromatic heterocycles. The third-order valence-corrected chi connectivity index (χ3v) is 6.00. The SMILES string of the molecule is CSc1ccccc1C(=O)Nc1ccc2c(c1)N(CCC(C)C)C(=O)C(C)(C)CO2. The molecule has 0 fully saturated rings. The predicted octanol–water partition coefficient (Wildman–Crippen LogP) is 5.46. The first kappa shape index (κ1) is 22.2. The Morgan fingerprint density at radius 3 is 2.67 bits per heavy atom. The second kappa shape index (κ2) is 9.13. The molecule has 1 aliphatic rings. The van der Waals surface area contributed by atoms with Crippen LogP contribution in [0.2, 0.25) is 0 Å². The normalized spacial score (nSPS) is 15.4. The minimum atomic E-state index is -0.614. The van der Waals surface area contributed by atoms with Crippen molar-refractivity contribution in [2.24, 2.45) is 11.3 Å². The summed E-state index contributed by atoms with van der Waals surface area (Å²) in [5.74, 6) is 1.01. The molecule has 0 aliphatic carbocycles. The highest BCUT2D eigenvalue weighted by Crippen LogP contribution is 2.38. The van der Waals surface area contributed by atoms with E-state index in [1.807, 2.05) is 67.5 Å². The zero-order valence-electron chi connectivity index (χ0n) is 18.3. The molecule has 30 heavy (non-hydrogen) atoms. The predicted molar refractivity (Wildman–Crippen MR) is 124 cm³/mol. The number of fused-ring (bicyclic) bond motifs is 1. The van der Waals surface area contributed by atoms with Crippen LogP contribution in [0.5, 0.6) is 5.75 Å². The largest absolute Gasteiger partial charge is 0.490 e. The maximum absolute atomic E-state index is 13.2. The zero-order chi connectivity index (χ0) is 21.9. The van der Waals surface area contributed by atoms with Crippen LogP contribution < -0.4 is 15.0 Å². The molecule has 1 N–H and O–H groups in total. The molecule has 0 unspecified atom stereocenters. The maximum atomic E-state index is 13.2. The smallest absolute Gasteiger partial charge is 0.256 e. The highest BCUT2D eigenvalue weighted by Gasteiger charge is 2.37. The minimum absolute atomic E-state index is 0.0399. The van der Waals surface area contributed by atoms with Crippen LogP contribution in [0.15, 0.2) is 47.4 Å². The number of hydrogen-bond donors (Lipinski definition) is 1. The number of ether oxygens (including phenoxy) is 1. The molecule has 5 nitrogen and oxygen atoms in total. The summed E-state index contributed by atoms with van der Waals surface area (Å²) in [6.07, 6.45) is 2.84. The topological polar surface area (TPSA) is 58.6 Å². The molecular weight excluding hydrogens is 396 g/mol. The van der Waals surface area contributed by atoms with E-state index >= 15 is 0 Å². The number of rotatable bonds is 6. The third-order valence-electron chi connectivity index (χ3n) is 5.20. The molecule has 160 valence electrons. The van der Waals surface area contributed by atoms with E-state index in [2.05, 4.69) is 19.2 Å². The van der Waals surface area contributed by atoms with E-state index in [0.717, 1.165) is 11.3 Å². The Morgan fingerprint density at radius 2 is 1.97 bits per heavy atom. The van der Waals surface area contributed by atoms with Crippen molar-refractivity contribution in [3.63, 3.8) is 0 Å². The van der Waals surface area contributed by atoms with E-state index in [-0.39, 0.29) is 11.8 Å². The second-order valence-corrected chi connectivity index (χ2v) is 9.50. The van der Waals surface area contributed by atoms with Crippen molar-refractivity contribution in [3.05, 3.63) is 48.0 Å². The summed E-state index contributed by atoms with van der Waals surface area (Å²) in [6.45, 7) is 9.04. The first-order chi connectivity index (χ1) is 14.2. The van der Waals surface area contributed by atoms with Crippen LogP contribution in [0, 0.1) is 11.3 Å². The molecule has 3 rings (SSSR count). The average molecular weight is 427 g/mol. The Labute approximate surface area is 183 Å². The van der Waals surface area contributed by atoms with Gasteiger partial charge in [0.05, 0.1) is 16.7 Å². The van der Waals surface area contributed by atoms with Crippen LogP contribution >= 0.6 is 11.8 Å². The molecule has 0 saturated carbocycles. The Kier molecular flexibility index (Phi) is 6.76. The molecule has 1 heterocycles. The Morgan fingerprint density at radius 1 is 1.23 bits per heavy atom. The number of nitrogens with one attached hydrogen (secondary N) is 1. The lowest BCUT2D eigenvalue weighted by Gasteiger charge is -2.28. The summed E-state index contributed by atoms with van der Waals surface area (Å²) in [5.41, 5.74) is 1.36.